The molecule has 1 aliphatic rings. The van der Waals surface area contributed by atoms with Crippen LogP contribution in [0, 0.1) is 0 Å². The molecule has 26 heavy (non-hydrogen) atoms. The van der Waals surface area contributed by atoms with Crippen LogP contribution in [0.1, 0.15) is 5.56 Å². The smallest absolute Gasteiger partial charge is 0.231 e. The molecule has 0 atom stereocenters. The molecule has 2 N–H and O–H groups in total. The monoisotopic (exact) mass is 350 g/mol. The second-order valence-corrected chi connectivity index (χ2v) is 5.65. The highest BCUT2D eigenvalue weighted by molar-refractivity contribution is 5.65. The first-order valence-electron chi connectivity index (χ1n) is 8.16. The van der Waals surface area contributed by atoms with Gasteiger partial charge in [-0.3, -0.25) is 0 Å². The van der Waals surface area contributed by atoms with Crippen LogP contribution >= 0.6 is 0 Å². The fourth-order valence-electron chi connectivity index (χ4n) is 2.65. The number of para-hydroxylation sites is 2. The summed E-state index contributed by atoms with van der Waals surface area (Å²) in [7, 11) is 1.64. The number of benzene rings is 2. The third-order valence-electron chi connectivity index (χ3n) is 3.95. The summed E-state index contributed by atoms with van der Waals surface area (Å²) in [6.07, 6.45) is 1.51. The number of hydrogen-bond acceptors (Lipinski definition) is 7. The van der Waals surface area contributed by atoms with Gasteiger partial charge in [-0.05, 0) is 29.8 Å². The van der Waals surface area contributed by atoms with Crippen LogP contribution in [0.25, 0.3) is 0 Å². The Morgan fingerprint density at radius 2 is 1.85 bits per heavy atom. The zero-order valence-electron chi connectivity index (χ0n) is 14.2. The van der Waals surface area contributed by atoms with Crippen molar-refractivity contribution in [3.8, 4) is 17.2 Å². The van der Waals surface area contributed by atoms with Gasteiger partial charge < -0.3 is 24.8 Å². The molecule has 1 aromatic heterocycles. The molecular weight excluding hydrogens is 332 g/mol. The molecule has 0 bridgehead atoms. The Bertz CT molecular complexity index is 917. The van der Waals surface area contributed by atoms with Crippen LogP contribution in [0.3, 0.4) is 0 Å². The highest BCUT2D eigenvalue weighted by Crippen LogP contribution is 2.32. The second-order valence-electron chi connectivity index (χ2n) is 5.65. The van der Waals surface area contributed by atoms with Crippen LogP contribution in [0.2, 0.25) is 0 Å². The summed E-state index contributed by atoms with van der Waals surface area (Å²) in [5.41, 5.74) is 1.92. The van der Waals surface area contributed by atoms with E-state index in [9.17, 15) is 0 Å². The van der Waals surface area contributed by atoms with Crippen molar-refractivity contribution in [2.75, 3.05) is 24.5 Å². The topological polar surface area (TPSA) is 77.5 Å². The minimum absolute atomic E-state index is 0.274. The summed E-state index contributed by atoms with van der Waals surface area (Å²) in [6, 6.07) is 15.4. The minimum Gasteiger partial charge on any atom is -0.495 e. The highest BCUT2D eigenvalue weighted by Gasteiger charge is 2.13. The van der Waals surface area contributed by atoms with E-state index in [0.717, 1.165) is 34.3 Å². The molecule has 7 nitrogen and oxygen atoms in total. The van der Waals surface area contributed by atoms with Gasteiger partial charge in [0.1, 0.15) is 23.7 Å². The van der Waals surface area contributed by atoms with Crippen molar-refractivity contribution in [2.24, 2.45) is 0 Å². The zero-order valence-corrected chi connectivity index (χ0v) is 14.2. The molecule has 0 amide bonds. The van der Waals surface area contributed by atoms with Gasteiger partial charge in [-0.15, -0.1) is 0 Å². The van der Waals surface area contributed by atoms with E-state index in [1.807, 2.05) is 48.5 Å². The van der Waals surface area contributed by atoms with Crippen molar-refractivity contribution in [3.05, 3.63) is 60.4 Å². The summed E-state index contributed by atoms with van der Waals surface area (Å²) in [6.45, 7) is 0.887. The molecule has 7 heteroatoms. The Labute approximate surface area is 151 Å². The number of fused-ring (bicyclic) bond motifs is 1. The summed E-state index contributed by atoms with van der Waals surface area (Å²) in [5.74, 6) is 3.69. The van der Waals surface area contributed by atoms with Crippen LogP contribution in [-0.2, 0) is 6.54 Å². The molecule has 3 aromatic rings. The fourth-order valence-corrected chi connectivity index (χ4v) is 2.65. The minimum atomic E-state index is 0.274. The molecule has 132 valence electrons. The summed E-state index contributed by atoms with van der Waals surface area (Å²) >= 11 is 0. The van der Waals surface area contributed by atoms with E-state index in [0.29, 0.717) is 12.4 Å². The van der Waals surface area contributed by atoms with Crippen molar-refractivity contribution < 1.29 is 14.2 Å². The number of ether oxygens (including phenoxy) is 3. The first-order chi connectivity index (χ1) is 12.8. The van der Waals surface area contributed by atoms with E-state index >= 15 is 0 Å². The fraction of sp³-hybridized carbons (Fsp3) is 0.158. The Hall–Kier alpha value is -3.48. The molecule has 0 aliphatic carbocycles. The van der Waals surface area contributed by atoms with Gasteiger partial charge in [0, 0.05) is 12.6 Å². The number of nitrogens with one attached hydrogen (secondary N) is 2. The van der Waals surface area contributed by atoms with Gasteiger partial charge in [0.15, 0.2) is 11.5 Å². The number of hydrogen-bond donors (Lipinski definition) is 2. The third kappa shape index (κ3) is 3.46. The van der Waals surface area contributed by atoms with Crippen molar-refractivity contribution >= 4 is 17.3 Å². The molecule has 2 aromatic carbocycles. The zero-order chi connectivity index (χ0) is 17.8. The number of rotatable bonds is 6. The lowest BCUT2D eigenvalue weighted by atomic mass is 10.2. The first kappa shape index (κ1) is 16.0. The first-order valence-corrected chi connectivity index (χ1v) is 8.16. The molecule has 4 rings (SSSR count). The molecular formula is C19H18N4O3. The standard InChI is InChI=1S/C19H18N4O3/c1-24-15-5-3-2-4-14(15)23-19-9-18(21-11-22-19)20-10-13-6-7-16-17(8-13)26-12-25-16/h2-9,11H,10,12H2,1H3,(H2,20,21,22,23). The largest absolute Gasteiger partial charge is 0.495 e. The van der Waals surface area contributed by atoms with Gasteiger partial charge >= 0.3 is 0 Å². The molecule has 0 radical (unpaired) electrons. The van der Waals surface area contributed by atoms with Gasteiger partial charge in [0.2, 0.25) is 6.79 Å². The summed E-state index contributed by atoms with van der Waals surface area (Å²) < 4.78 is 16.1. The number of nitrogens with zero attached hydrogens (tertiary/aromatic N) is 2. The predicted octanol–water partition coefficient (Wildman–Crippen LogP) is 3.57. The van der Waals surface area contributed by atoms with Crippen LogP contribution < -0.4 is 24.8 Å². The normalized spacial score (nSPS) is 11.9. The van der Waals surface area contributed by atoms with E-state index in [1.54, 1.807) is 7.11 Å². The number of anilines is 3. The lowest BCUT2D eigenvalue weighted by Gasteiger charge is -2.11. The van der Waals surface area contributed by atoms with Gasteiger partial charge in [0.05, 0.1) is 12.8 Å². The molecule has 0 unspecified atom stereocenters. The average Bonchev–Trinajstić information content (AvgIpc) is 3.15. The quantitative estimate of drug-likeness (QED) is 0.704. The maximum Gasteiger partial charge on any atom is 0.231 e. The van der Waals surface area contributed by atoms with Crippen molar-refractivity contribution in [1.29, 1.82) is 0 Å². The highest BCUT2D eigenvalue weighted by atomic mass is 16.7. The molecule has 0 saturated heterocycles. The molecule has 2 heterocycles. The molecule has 1 aliphatic heterocycles. The van der Waals surface area contributed by atoms with Gasteiger partial charge in [-0.2, -0.15) is 0 Å². The Morgan fingerprint density at radius 1 is 1.00 bits per heavy atom. The lowest BCUT2D eigenvalue weighted by molar-refractivity contribution is 0.174. The maximum absolute atomic E-state index is 5.40. The van der Waals surface area contributed by atoms with Crippen molar-refractivity contribution in [1.82, 2.24) is 9.97 Å². The van der Waals surface area contributed by atoms with Crippen molar-refractivity contribution in [3.63, 3.8) is 0 Å². The molecule has 0 spiro atoms. The van der Waals surface area contributed by atoms with Crippen LogP contribution in [0.5, 0.6) is 17.2 Å². The Kier molecular flexibility index (Phi) is 4.42. The lowest BCUT2D eigenvalue weighted by Crippen LogP contribution is -2.03. The van der Waals surface area contributed by atoms with Crippen LogP contribution in [0.4, 0.5) is 17.3 Å². The SMILES string of the molecule is COc1ccccc1Nc1cc(NCc2ccc3c(c2)OCO3)ncn1. The third-order valence-corrected chi connectivity index (χ3v) is 3.95. The van der Waals surface area contributed by atoms with E-state index in [2.05, 4.69) is 20.6 Å². The molecule has 0 saturated carbocycles. The molecule has 0 fully saturated rings. The predicted molar refractivity (Wildman–Crippen MR) is 98.2 cm³/mol. The van der Waals surface area contributed by atoms with E-state index in [-0.39, 0.29) is 6.79 Å². The van der Waals surface area contributed by atoms with E-state index < -0.39 is 0 Å². The van der Waals surface area contributed by atoms with Crippen LogP contribution in [-0.4, -0.2) is 23.9 Å². The van der Waals surface area contributed by atoms with Gasteiger partial charge in [-0.25, -0.2) is 9.97 Å². The summed E-state index contributed by atoms with van der Waals surface area (Å²) in [4.78, 5) is 8.52. The van der Waals surface area contributed by atoms with Gasteiger partial charge in [0.25, 0.3) is 0 Å². The van der Waals surface area contributed by atoms with E-state index in [4.69, 9.17) is 14.2 Å². The Balaban J connectivity index is 1.44. The Morgan fingerprint density at radius 3 is 2.77 bits per heavy atom. The second kappa shape index (κ2) is 7.18. The number of aromatic nitrogens is 2. The average molecular weight is 350 g/mol. The van der Waals surface area contributed by atoms with Crippen LogP contribution in [0.15, 0.2) is 54.9 Å². The van der Waals surface area contributed by atoms with Crippen molar-refractivity contribution in [2.45, 2.75) is 6.54 Å². The maximum atomic E-state index is 5.40. The number of methoxy groups -OCH3 is 1. The van der Waals surface area contributed by atoms with E-state index in [1.165, 1.54) is 6.33 Å². The van der Waals surface area contributed by atoms with Gasteiger partial charge in [-0.1, -0.05) is 18.2 Å². The summed E-state index contributed by atoms with van der Waals surface area (Å²) in [5, 5.41) is 6.53.